The van der Waals surface area contributed by atoms with Crippen molar-refractivity contribution in [3.63, 3.8) is 0 Å². The van der Waals surface area contributed by atoms with E-state index in [1.54, 1.807) is 30.4 Å². The van der Waals surface area contributed by atoms with E-state index >= 15 is 0 Å². The van der Waals surface area contributed by atoms with Crippen LogP contribution in [0.1, 0.15) is 31.1 Å². The van der Waals surface area contributed by atoms with Gasteiger partial charge in [-0.3, -0.25) is 9.69 Å². The van der Waals surface area contributed by atoms with Crippen LogP contribution in [0.2, 0.25) is 0 Å². The van der Waals surface area contributed by atoms with Crippen LogP contribution < -0.4 is 4.74 Å². The van der Waals surface area contributed by atoms with Gasteiger partial charge in [0.2, 0.25) is 5.91 Å². The Balaban J connectivity index is 1.78. The molecule has 0 N–H and O–H groups in total. The Bertz CT molecular complexity index is 785. The average molecular weight is 371 g/mol. The standard InChI is InChI=1S/C19H21N3O3S/c1-3-5-17-18(23)22(13-14-7-9-15(24-2)10-8-14)19(26-17)21-20-12-16-6-4-11-25-16/h4,6-12,17H,3,5,13H2,1-2H3/b20-12+,21-19-. The maximum atomic E-state index is 12.8. The Morgan fingerprint density at radius 2 is 2.12 bits per heavy atom. The molecule has 7 heteroatoms. The summed E-state index contributed by atoms with van der Waals surface area (Å²) in [6.45, 7) is 2.54. The summed E-state index contributed by atoms with van der Waals surface area (Å²) in [6.07, 6.45) is 4.89. The minimum Gasteiger partial charge on any atom is -0.497 e. The van der Waals surface area contributed by atoms with E-state index in [1.807, 2.05) is 24.3 Å². The number of amidine groups is 1. The van der Waals surface area contributed by atoms with Crippen LogP contribution in [0.4, 0.5) is 0 Å². The predicted octanol–water partition coefficient (Wildman–Crippen LogP) is 3.92. The minimum absolute atomic E-state index is 0.0830. The van der Waals surface area contributed by atoms with Gasteiger partial charge in [-0.1, -0.05) is 37.2 Å². The molecule has 0 bridgehead atoms. The van der Waals surface area contributed by atoms with Crippen molar-refractivity contribution in [3.05, 3.63) is 54.0 Å². The van der Waals surface area contributed by atoms with Crippen LogP contribution in [0.5, 0.6) is 5.75 Å². The van der Waals surface area contributed by atoms with Crippen molar-refractivity contribution in [1.29, 1.82) is 0 Å². The number of carbonyl (C=O) groups is 1. The number of rotatable bonds is 7. The number of benzene rings is 1. The van der Waals surface area contributed by atoms with E-state index in [2.05, 4.69) is 17.1 Å². The summed E-state index contributed by atoms with van der Waals surface area (Å²) in [5.74, 6) is 1.49. The quantitative estimate of drug-likeness (QED) is 0.546. The zero-order valence-electron chi connectivity index (χ0n) is 14.8. The lowest BCUT2D eigenvalue weighted by atomic mass is 10.2. The molecular weight excluding hydrogens is 350 g/mol. The monoisotopic (exact) mass is 371 g/mol. The lowest BCUT2D eigenvalue weighted by Crippen LogP contribution is -2.31. The number of carbonyl (C=O) groups excluding carboxylic acids is 1. The van der Waals surface area contributed by atoms with Gasteiger partial charge in [-0.2, -0.15) is 5.10 Å². The summed E-state index contributed by atoms with van der Waals surface area (Å²) in [4.78, 5) is 14.5. The highest BCUT2D eigenvalue weighted by Crippen LogP contribution is 2.31. The van der Waals surface area contributed by atoms with Gasteiger partial charge in [0, 0.05) is 0 Å². The molecule has 3 rings (SSSR count). The fourth-order valence-electron chi connectivity index (χ4n) is 2.59. The molecule has 1 aromatic heterocycles. The van der Waals surface area contributed by atoms with Crippen LogP contribution in [0, 0.1) is 0 Å². The summed E-state index contributed by atoms with van der Waals surface area (Å²) < 4.78 is 10.4. The van der Waals surface area contributed by atoms with Crippen molar-refractivity contribution in [1.82, 2.24) is 4.90 Å². The summed E-state index contributed by atoms with van der Waals surface area (Å²) in [6, 6.07) is 11.3. The summed E-state index contributed by atoms with van der Waals surface area (Å²) in [5.41, 5.74) is 1.01. The molecule has 0 spiro atoms. The molecule has 1 unspecified atom stereocenters. The van der Waals surface area contributed by atoms with Crippen LogP contribution in [0.3, 0.4) is 0 Å². The van der Waals surface area contributed by atoms with E-state index in [0.717, 1.165) is 24.2 Å². The molecule has 1 aromatic carbocycles. The van der Waals surface area contributed by atoms with Crippen molar-refractivity contribution < 1.29 is 13.9 Å². The maximum absolute atomic E-state index is 12.8. The van der Waals surface area contributed by atoms with E-state index in [1.165, 1.54) is 18.0 Å². The molecule has 1 saturated heterocycles. The lowest BCUT2D eigenvalue weighted by Gasteiger charge is -2.16. The second kappa shape index (κ2) is 8.71. The summed E-state index contributed by atoms with van der Waals surface area (Å²) in [7, 11) is 1.63. The molecule has 6 nitrogen and oxygen atoms in total. The Labute approximate surface area is 156 Å². The topological polar surface area (TPSA) is 67.4 Å². The van der Waals surface area contributed by atoms with Crippen molar-refractivity contribution in [2.75, 3.05) is 7.11 Å². The molecule has 1 fully saturated rings. The van der Waals surface area contributed by atoms with Gasteiger partial charge in [0.1, 0.15) is 11.5 Å². The van der Waals surface area contributed by atoms with Gasteiger partial charge in [0.15, 0.2) is 5.17 Å². The third kappa shape index (κ3) is 4.35. The first kappa shape index (κ1) is 18.3. The number of amides is 1. The summed E-state index contributed by atoms with van der Waals surface area (Å²) in [5, 5.41) is 8.86. The van der Waals surface area contributed by atoms with E-state index in [4.69, 9.17) is 9.15 Å². The SMILES string of the molecule is CCCC1S/C(=N\N=C\c2ccco2)N(Cc2ccc(OC)cc2)C1=O. The molecule has 136 valence electrons. The number of hydrogen-bond acceptors (Lipinski definition) is 6. The van der Waals surface area contributed by atoms with Gasteiger partial charge in [0.05, 0.1) is 31.4 Å². The molecule has 2 heterocycles. The fraction of sp³-hybridized carbons (Fsp3) is 0.316. The Morgan fingerprint density at radius 1 is 1.31 bits per heavy atom. The normalized spacial score (nSPS) is 19.0. The molecule has 1 atom stereocenters. The second-order valence-electron chi connectivity index (χ2n) is 5.81. The highest BCUT2D eigenvalue weighted by molar-refractivity contribution is 8.15. The Morgan fingerprint density at radius 3 is 2.77 bits per heavy atom. The molecule has 1 aliphatic rings. The number of hydrogen-bond donors (Lipinski definition) is 0. The largest absolute Gasteiger partial charge is 0.497 e. The van der Waals surface area contributed by atoms with E-state index < -0.39 is 0 Å². The zero-order chi connectivity index (χ0) is 18.4. The molecule has 1 amide bonds. The highest BCUT2D eigenvalue weighted by atomic mass is 32.2. The van der Waals surface area contributed by atoms with Gasteiger partial charge >= 0.3 is 0 Å². The van der Waals surface area contributed by atoms with E-state index in [-0.39, 0.29) is 11.2 Å². The third-order valence-electron chi connectivity index (χ3n) is 3.94. The van der Waals surface area contributed by atoms with Crippen LogP contribution in [0.25, 0.3) is 0 Å². The number of nitrogens with zero attached hydrogens (tertiary/aromatic N) is 3. The third-order valence-corrected chi connectivity index (χ3v) is 5.18. The molecule has 2 aromatic rings. The van der Waals surface area contributed by atoms with Crippen molar-refractivity contribution in [2.24, 2.45) is 10.2 Å². The second-order valence-corrected chi connectivity index (χ2v) is 6.98. The van der Waals surface area contributed by atoms with Crippen molar-refractivity contribution in [3.8, 4) is 5.75 Å². The molecular formula is C19H21N3O3S. The van der Waals surface area contributed by atoms with Gasteiger partial charge in [-0.25, -0.2) is 0 Å². The van der Waals surface area contributed by atoms with Crippen LogP contribution in [-0.4, -0.2) is 34.5 Å². The molecule has 26 heavy (non-hydrogen) atoms. The molecule has 1 aliphatic heterocycles. The first-order valence-corrected chi connectivity index (χ1v) is 9.34. The van der Waals surface area contributed by atoms with E-state index in [9.17, 15) is 4.79 Å². The summed E-state index contributed by atoms with van der Waals surface area (Å²) >= 11 is 1.47. The number of methoxy groups -OCH3 is 1. The smallest absolute Gasteiger partial charge is 0.242 e. The minimum atomic E-state index is -0.101. The van der Waals surface area contributed by atoms with Gasteiger partial charge in [0.25, 0.3) is 0 Å². The number of thioether (sulfide) groups is 1. The predicted molar refractivity (Wildman–Crippen MR) is 104 cm³/mol. The molecule has 0 saturated carbocycles. The Hall–Kier alpha value is -2.54. The lowest BCUT2D eigenvalue weighted by molar-refractivity contribution is -0.126. The molecule has 0 radical (unpaired) electrons. The highest BCUT2D eigenvalue weighted by Gasteiger charge is 2.37. The maximum Gasteiger partial charge on any atom is 0.242 e. The van der Waals surface area contributed by atoms with Crippen LogP contribution in [-0.2, 0) is 11.3 Å². The first-order valence-electron chi connectivity index (χ1n) is 8.46. The van der Waals surface area contributed by atoms with Gasteiger partial charge < -0.3 is 9.15 Å². The molecule has 0 aliphatic carbocycles. The van der Waals surface area contributed by atoms with Crippen molar-refractivity contribution in [2.45, 2.75) is 31.6 Å². The van der Waals surface area contributed by atoms with Crippen LogP contribution >= 0.6 is 11.8 Å². The Kier molecular flexibility index (Phi) is 6.12. The van der Waals surface area contributed by atoms with Gasteiger partial charge in [-0.15, -0.1) is 5.10 Å². The number of furan rings is 1. The van der Waals surface area contributed by atoms with Crippen LogP contribution in [0.15, 0.2) is 57.3 Å². The number of ether oxygens (including phenoxy) is 1. The zero-order valence-corrected chi connectivity index (χ0v) is 15.6. The average Bonchev–Trinajstić information content (AvgIpc) is 3.27. The fourth-order valence-corrected chi connectivity index (χ4v) is 3.80. The van der Waals surface area contributed by atoms with E-state index in [0.29, 0.717) is 17.5 Å². The van der Waals surface area contributed by atoms with Crippen molar-refractivity contribution >= 4 is 29.1 Å². The first-order chi connectivity index (χ1) is 12.7. The van der Waals surface area contributed by atoms with Gasteiger partial charge in [-0.05, 0) is 36.2 Å².